The van der Waals surface area contributed by atoms with Crippen molar-refractivity contribution in [1.82, 2.24) is 0 Å². The monoisotopic (exact) mass is 256 g/mol. The highest BCUT2D eigenvalue weighted by Gasteiger charge is 2.13. The van der Waals surface area contributed by atoms with Gasteiger partial charge in [-0.25, -0.2) is 0 Å². The summed E-state index contributed by atoms with van der Waals surface area (Å²) < 4.78 is 7.07. The van der Waals surface area contributed by atoms with Gasteiger partial charge in [-0.15, -0.1) is 0 Å². The van der Waals surface area contributed by atoms with Gasteiger partial charge < -0.3 is 4.74 Å². The van der Waals surface area contributed by atoms with E-state index in [0.29, 0.717) is 6.42 Å². The zero-order valence-corrected chi connectivity index (χ0v) is 11.0. The highest BCUT2D eigenvalue weighted by atomic mass is 16.5. The second-order valence-corrected chi connectivity index (χ2v) is 4.55. The molecule has 0 saturated carbocycles. The Morgan fingerprint density at radius 3 is 2.42 bits per heavy atom. The van der Waals surface area contributed by atoms with Crippen LogP contribution >= 0.6 is 0 Å². The maximum absolute atomic E-state index is 11.8. The second kappa shape index (κ2) is 6.69. The molecule has 1 aromatic heterocycles. The molecule has 0 unspecified atom stereocenters. The third kappa shape index (κ3) is 4.21. The molecule has 0 fully saturated rings. The molecule has 0 amide bonds. The van der Waals surface area contributed by atoms with Gasteiger partial charge in [0.25, 0.3) is 6.73 Å². The van der Waals surface area contributed by atoms with Crippen molar-refractivity contribution >= 4 is 5.97 Å². The molecule has 0 bridgehead atoms. The van der Waals surface area contributed by atoms with Crippen LogP contribution in [0, 0.1) is 0 Å². The summed E-state index contributed by atoms with van der Waals surface area (Å²) in [5.41, 5.74) is 1.16. The fourth-order valence-electron chi connectivity index (χ4n) is 1.88. The molecule has 3 heteroatoms. The minimum atomic E-state index is -0.173. The van der Waals surface area contributed by atoms with Gasteiger partial charge in [-0.3, -0.25) is 4.79 Å². The van der Waals surface area contributed by atoms with Crippen LogP contribution in [0.4, 0.5) is 0 Å². The standard InChI is InChI=1S/C16H18NO2/c1-14(15-8-4-2-5-9-15)12-16(18)19-13-17-10-6-3-7-11-17/h2-11,14H,12-13H2,1H3/q+1/t14-/m0/s1. The van der Waals surface area contributed by atoms with Crippen molar-refractivity contribution in [3.8, 4) is 0 Å². The summed E-state index contributed by atoms with van der Waals surface area (Å²) in [4.78, 5) is 11.8. The van der Waals surface area contributed by atoms with E-state index in [-0.39, 0.29) is 18.6 Å². The van der Waals surface area contributed by atoms with Gasteiger partial charge in [0.05, 0.1) is 6.42 Å². The molecule has 1 aromatic carbocycles. The van der Waals surface area contributed by atoms with Crippen molar-refractivity contribution in [1.29, 1.82) is 0 Å². The Balaban J connectivity index is 1.82. The third-order valence-corrected chi connectivity index (χ3v) is 2.99. The number of carbonyl (C=O) groups excluding carboxylic acids is 1. The number of ether oxygens (including phenoxy) is 1. The number of nitrogens with zero attached hydrogens (tertiary/aromatic N) is 1. The van der Waals surface area contributed by atoms with Crippen LogP contribution in [0.15, 0.2) is 60.9 Å². The van der Waals surface area contributed by atoms with E-state index < -0.39 is 0 Å². The van der Waals surface area contributed by atoms with E-state index in [9.17, 15) is 4.79 Å². The van der Waals surface area contributed by atoms with Crippen LogP contribution in [0.25, 0.3) is 0 Å². The lowest BCUT2D eigenvalue weighted by molar-refractivity contribution is -0.727. The summed E-state index contributed by atoms with van der Waals surface area (Å²) in [6, 6.07) is 15.7. The molecular formula is C16H18NO2+. The molecule has 2 aromatic rings. The highest BCUT2D eigenvalue weighted by Crippen LogP contribution is 2.18. The third-order valence-electron chi connectivity index (χ3n) is 2.99. The predicted octanol–water partition coefficient (Wildman–Crippen LogP) is 2.67. The van der Waals surface area contributed by atoms with Crippen molar-refractivity contribution in [2.24, 2.45) is 0 Å². The van der Waals surface area contributed by atoms with Gasteiger partial charge in [-0.05, 0) is 11.5 Å². The molecule has 0 N–H and O–H groups in total. The van der Waals surface area contributed by atoms with E-state index in [1.807, 2.05) is 72.4 Å². The van der Waals surface area contributed by atoms with Crippen LogP contribution in [0.5, 0.6) is 0 Å². The highest BCUT2D eigenvalue weighted by molar-refractivity contribution is 5.70. The van der Waals surface area contributed by atoms with Gasteiger partial charge in [0.15, 0.2) is 12.4 Å². The number of pyridine rings is 1. The first-order valence-corrected chi connectivity index (χ1v) is 6.40. The quantitative estimate of drug-likeness (QED) is 0.608. The number of aromatic nitrogens is 1. The van der Waals surface area contributed by atoms with Crippen molar-refractivity contribution in [3.63, 3.8) is 0 Å². The van der Waals surface area contributed by atoms with Crippen molar-refractivity contribution < 1.29 is 14.1 Å². The van der Waals surface area contributed by atoms with E-state index in [1.54, 1.807) is 0 Å². The smallest absolute Gasteiger partial charge is 0.311 e. The van der Waals surface area contributed by atoms with Gasteiger partial charge in [0, 0.05) is 12.1 Å². The lowest BCUT2D eigenvalue weighted by Gasteiger charge is -2.10. The molecule has 3 nitrogen and oxygen atoms in total. The van der Waals surface area contributed by atoms with Gasteiger partial charge >= 0.3 is 5.97 Å². The fourth-order valence-corrected chi connectivity index (χ4v) is 1.88. The summed E-state index contributed by atoms with van der Waals surface area (Å²) in [6.07, 6.45) is 4.14. The van der Waals surface area contributed by atoms with Crippen molar-refractivity contribution in [2.45, 2.75) is 26.0 Å². The summed E-state index contributed by atoms with van der Waals surface area (Å²) in [6.45, 7) is 2.30. The Labute approximate surface area is 113 Å². The SMILES string of the molecule is C[C@@H](CC(=O)OC[n+]1ccccc1)c1ccccc1. The Bertz CT molecular complexity index is 511. The summed E-state index contributed by atoms with van der Waals surface area (Å²) in [7, 11) is 0. The van der Waals surface area contributed by atoms with E-state index in [0.717, 1.165) is 5.56 Å². The maximum atomic E-state index is 11.8. The van der Waals surface area contributed by atoms with Crippen LogP contribution in [-0.2, 0) is 16.3 Å². The average Bonchev–Trinajstić information content (AvgIpc) is 2.47. The minimum absolute atomic E-state index is 0.173. The molecule has 0 spiro atoms. The van der Waals surface area contributed by atoms with Gasteiger partial charge in [-0.2, -0.15) is 4.57 Å². The summed E-state index contributed by atoms with van der Waals surface area (Å²) in [5, 5.41) is 0. The zero-order chi connectivity index (χ0) is 13.5. The molecular weight excluding hydrogens is 238 g/mol. The Morgan fingerprint density at radius 1 is 1.11 bits per heavy atom. The number of hydrogen-bond acceptors (Lipinski definition) is 2. The van der Waals surface area contributed by atoms with Crippen LogP contribution < -0.4 is 4.57 Å². The fraction of sp³-hybridized carbons (Fsp3) is 0.250. The molecule has 1 heterocycles. The van der Waals surface area contributed by atoms with Crippen molar-refractivity contribution in [3.05, 3.63) is 66.5 Å². The molecule has 0 radical (unpaired) electrons. The summed E-state index contributed by atoms with van der Waals surface area (Å²) >= 11 is 0. The first-order valence-electron chi connectivity index (χ1n) is 6.40. The van der Waals surface area contributed by atoms with Crippen LogP contribution in [-0.4, -0.2) is 5.97 Å². The molecule has 98 valence electrons. The Hall–Kier alpha value is -2.16. The molecule has 2 rings (SSSR count). The van der Waals surface area contributed by atoms with Gasteiger partial charge in [0.1, 0.15) is 0 Å². The lowest BCUT2D eigenvalue weighted by atomic mass is 9.98. The lowest BCUT2D eigenvalue weighted by Crippen LogP contribution is -2.35. The number of rotatable bonds is 5. The number of esters is 1. The molecule has 0 aliphatic heterocycles. The van der Waals surface area contributed by atoms with Gasteiger partial charge in [-0.1, -0.05) is 43.3 Å². The van der Waals surface area contributed by atoms with Crippen molar-refractivity contribution in [2.75, 3.05) is 0 Å². The van der Waals surface area contributed by atoms with Gasteiger partial charge in [0.2, 0.25) is 0 Å². The molecule has 19 heavy (non-hydrogen) atoms. The number of benzene rings is 1. The average molecular weight is 256 g/mol. The largest absolute Gasteiger partial charge is 0.405 e. The van der Waals surface area contributed by atoms with E-state index in [4.69, 9.17) is 4.74 Å². The molecule has 1 atom stereocenters. The normalized spacial score (nSPS) is 11.8. The molecule has 0 saturated heterocycles. The maximum Gasteiger partial charge on any atom is 0.311 e. The molecule has 0 aliphatic rings. The topological polar surface area (TPSA) is 30.2 Å². The second-order valence-electron chi connectivity index (χ2n) is 4.55. The van der Waals surface area contributed by atoms with Crippen LogP contribution in [0.2, 0.25) is 0 Å². The first-order chi connectivity index (χ1) is 9.25. The van der Waals surface area contributed by atoms with E-state index in [2.05, 4.69) is 0 Å². The zero-order valence-electron chi connectivity index (χ0n) is 11.0. The first kappa shape index (κ1) is 13.3. The van der Waals surface area contributed by atoms with Crippen LogP contribution in [0.3, 0.4) is 0 Å². The number of carbonyl (C=O) groups is 1. The summed E-state index contributed by atoms with van der Waals surface area (Å²) in [5.74, 6) is 0.00202. The molecule has 0 aliphatic carbocycles. The Morgan fingerprint density at radius 2 is 1.74 bits per heavy atom. The predicted molar refractivity (Wildman–Crippen MR) is 72.2 cm³/mol. The Kier molecular flexibility index (Phi) is 4.67. The number of hydrogen-bond donors (Lipinski definition) is 0. The van der Waals surface area contributed by atoms with E-state index >= 15 is 0 Å². The van der Waals surface area contributed by atoms with E-state index in [1.165, 1.54) is 0 Å². The minimum Gasteiger partial charge on any atom is -0.405 e. The van der Waals surface area contributed by atoms with Crippen LogP contribution in [0.1, 0.15) is 24.8 Å².